The van der Waals surface area contributed by atoms with E-state index >= 15 is 0 Å². The van der Waals surface area contributed by atoms with Crippen LogP contribution in [0.3, 0.4) is 0 Å². The summed E-state index contributed by atoms with van der Waals surface area (Å²) < 4.78 is 22.5. The molecule has 0 fully saturated rings. The molecule has 2 rings (SSSR count). The normalized spacial score (nSPS) is 10.1. The van der Waals surface area contributed by atoms with Gasteiger partial charge >= 0.3 is 0 Å². The average Bonchev–Trinajstić information content (AvgIpc) is 2.59. The lowest BCUT2D eigenvalue weighted by Crippen LogP contribution is -1.97. The molecule has 0 saturated heterocycles. The van der Waals surface area contributed by atoms with Gasteiger partial charge in [0, 0.05) is 0 Å². The maximum atomic E-state index is 5.40. The summed E-state index contributed by atoms with van der Waals surface area (Å²) in [6, 6.07) is 9.72. The van der Waals surface area contributed by atoms with E-state index in [1.807, 2.05) is 30.3 Å². The van der Waals surface area contributed by atoms with Crippen LogP contribution < -0.4 is 18.9 Å². The van der Waals surface area contributed by atoms with Crippen LogP contribution in [0.4, 0.5) is 0 Å². The van der Waals surface area contributed by atoms with Gasteiger partial charge in [-0.3, -0.25) is 0 Å². The molecule has 0 N–H and O–H groups in total. The summed E-state index contributed by atoms with van der Waals surface area (Å²) in [6.45, 7) is 4.20. The number of rotatable bonds is 6. The minimum absolute atomic E-state index is 0.566. The van der Waals surface area contributed by atoms with E-state index in [4.69, 9.17) is 18.9 Å². The fourth-order valence-corrected chi connectivity index (χ4v) is 3.01. The van der Waals surface area contributed by atoms with Gasteiger partial charge in [0.1, 0.15) is 5.75 Å². The zero-order chi connectivity index (χ0) is 17.0. The van der Waals surface area contributed by atoms with Crippen molar-refractivity contribution in [1.82, 2.24) is 0 Å². The van der Waals surface area contributed by atoms with Gasteiger partial charge in [-0.1, -0.05) is 12.6 Å². The number of hydrogen-bond donors (Lipinski definition) is 0. The third kappa shape index (κ3) is 3.55. The fraction of sp³-hybridized carbons (Fsp3) is 0.222. The Kier molecular flexibility index (Phi) is 5.76. The molecule has 0 aliphatic rings. The third-order valence-corrected chi connectivity index (χ3v) is 4.36. The Labute approximate surface area is 150 Å². The fourth-order valence-electron chi connectivity index (χ4n) is 2.28. The number of hydrogen-bond acceptors (Lipinski definition) is 4. The van der Waals surface area contributed by atoms with Crippen LogP contribution in [-0.2, 0) is 0 Å². The third-order valence-electron chi connectivity index (χ3n) is 3.51. The summed E-state index contributed by atoms with van der Waals surface area (Å²) in [5.41, 5.74) is 2.77. The van der Waals surface area contributed by atoms with Gasteiger partial charge < -0.3 is 18.9 Å². The number of halogens is 1. The molecule has 0 spiro atoms. The summed E-state index contributed by atoms with van der Waals surface area (Å²) in [7, 11) is 6.44. The van der Waals surface area contributed by atoms with E-state index in [9.17, 15) is 0 Å². The largest absolute Gasteiger partial charge is 0.496 e. The molecule has 0 saturated carbocycles. The van der Waals surface area contributed by atoms with E-state index in [1.165, 1.54) is 0 Å². The van der Waals surface area contributed by atoms with E-state index in [-0.39, 0.29) is 0 Å². The van der Waals surface area contributed by atoms with Gasteiger partial charge in [-0.05, 0) is 63.6 Å². The molecule has 0 unspecified atom stereocenters. The van der Waals surface area contributed by atoms with Gasteiger partial charge in [-0.2, -0.15) is 0 Å². The maximum Gasteiger partial charge on any atom is 0.203 e. The molecule has 2 aromatic carbocycles. The van der Waals surface area contributed by atoms with Crippen molar-refractivity contribution >= 4 is 28.2 Å². The molecule has 0 aliphatic heterocycles. The summed E-state index contributed by atoms with van der Waals surface area (Å²) in [5.74, 6) is 2.61. The van der Waals surface area contributed by atoms with E-state index in [1.54, 1.807) is 28.4 Å². The molecular weight excluding hydrogens is 407 g/mol. The average molecular weight is 426 g/mol. The molecule has 0 radical (unpaired) electrons. The standard InChI is InChI=1S/C18H19IO4/c1-11(12-6-7-15(20-2)14(19)8-12)13-9-16(21-3)18(23-5)17(10-13)22-4/h6-10H,1H2,2-5H3. The first kappa shape index (κ1) is 17.5. The SMILES string of the molecule is C=C(c1ccc(OC)c(I)c1)c1cc(OC)c(OC)c(OC)c1. The highest BCUT2D eigenvalue weighted by Gasteiger charge is 2.15. The predicted molar refractivity (Wildman–Crippen MR) is 99.9 cm³/mol. The Bertz CT molecular complexity index is 700. The van der Waals surface area contributed by atoms with Crippen LogP contribution in [0, 0.1) is 3.57 Å². The Morgan fingerprint density at radius 3 is 1.78 bits per heavy atom. The van der Waals surface area contributed by atoms with Crippen LogP contribution >= 0.6 is 22.6 Å². The van der Waals surface area contributed by atoms with Crippen LogP contribution in [0.5, 0.6) is 23.0 Å². The molecule has 122 valence electrons. The molecule has 0 aliphatic carbocycles. The van der Waals surface area contributed by atoms with E-state index in [0.29, 0.717) is 17.2 Å². The van der Waals surface area contributed by atoms with E-state index in [2.05, 4.69) is 29.2 Å². The Morgan fingerprint density at radius 2 is 1.35 bits per heavy atom. The number of ether oxygens (including phenoxy) is 4. The summed E-state index contributed by atoms with van der Waals surface area (Å²) in [5, 5.41) is 0. The van der Waals surface area contributed by atoms with E-state index in [0.717, 1.165) is 26.0 Å². The molecule has 4 nitrogen and oxygen atoms in total. The molecular formula is C18H19IO4. The quantitative estimate of drug-likeness (QED) is 0.643. The summed E-state index contributed by atoms with van der Waals surface area (Å²) >= 11 is 2.24. The van der Waals surface area contributed by atoms with E-state index < -0.39 is 0 Å². The molecule has 0 bridgehead atoms. The Morgan fingerprint density at radius 1 is 0.783 bits per heavy atom. The zero-order valence-electron chi connectivity index (χ0n) is 13.6. The highest BCUT2D eigenvalue weighted by Crippen LogP contribution is 2.41. The summed E-state index contributed by atoms with van der Waals surface area (Å²) in [6.07, 6.45) is 0. The van der Waals surface area contributed by atoms with Crippen molar-refractivity contribution in [3.63, 3.8) is 0 Å². The van der Waals surface area contributed by atoms with Crippen molar-refractivity contribution in [2.45, 2.75) is 0 Å². The number of benzene rings is 2. The van der Waals surface area contributed by atoms with Crippen LogP contribution in [0.2, 0.25) is 0 Å². The molecule has 23 heavy (non-hydrogen) atoms. The van der Waals surface area contributed by atoms with Gasteiger partial charge in [0.05, 0.1) is 32.0 Å². The lowest BCUT2D eigenvalue weighted by molar-refractivity contribution is 0.324. The molecule has 0 aromatic heterocycles. The van der Waals surface area contributed by atoms with Gasteiger partial charge in [0.2, 0.25) is 5.75 Å². The Balaban J connectivity index is 2.49. The second-order valence-electron chi connectivity index (χ2n) is 4.74. The second kappa shape index (κ2) is 7.59. The highest BCUT2D eigenvalue weighted by atomic mass is 127. The van der Waals surface area contributed by atoms with Gasteiger partial charge in [-0.25, -0.2) is 0 Å². The lowest BCUT2D eigenvalue weighted by atomic mass is 9.98. The predicted octanol–water partition coefficient (Wildman–Crippen LogP) is 4.39. The van der Waals surface area contributed by atoms with Crippen molar-refractivity contribution in [3.05, 3.63) is 51.6 Å². The zero-order valence-corrected chi connectivity index (χ0v) is 15.8. The van der Waals surface area contributed by atoms with Gasteiger partial charge in [0.15, 0.2) is 11.5 Å². The first-order valence-electron chi connectivity index (χ1n) is 6.88. The topological polar surface area (TPSA) is 36.9 Å². The van der Waals surface area contributed by atoms with Crippen molar-refractivity contribution in [2.24, 2.45) is 0 Å². The molecule has 0 heterocycles. The van der Waals surface area contributed by atoms with Crippen LogP contribution in [0.1, 0.15) is 11.1 Å². The Hall–Kier alpha value is -1.89. The van der Waals surface area contributed by atoms with Crippen molar-refractivity contribution in [3.8, 4) is 23.0 Å². The van der Waals surface area contributed by atoms with Crippen molar-refractivity contribution < 1.29 is 18.9 Å². The maximum absolute atomic E-state index is 5.40. The second-order valence-corrected chi connectivity index (χ2v) is 5.90. The van der Waals surface area contributed by atoms with Gasteiger partial charge in [0.25, 0.3) is 0 Å². The van der Waals surface area contributed by atoms with Crippen LogP contribution in [0.25, 0.3) is 5.57 Å². The van der Waals surface area contributed by atoms with Crippen LogP contribution in [-0.4, -0.2) is 28.4 Å². The number of methoxy groups -OCH3 is 4. The molecule has 2 aromatic rings. The van der Waals surface area contributed by atoms with Crippen molar-refractivity contribution in [1.29, 1.82) is 0 Å². The first-order chi connectivity index (χ1) is 11.0. The lowest BCUT2D eigenvalue weighted by Gasteiger charge is -2.16. The minimum Gasteiger partial charge on any atom is -0.496 e. The summed E-state index contributed by atoms with van der Waals surface area (Å²) in [4.78, 5) is 0. The van der Waals surface area contributed by atoms with Crippen LogP contribution in [0.15, 0.2) is 36.9 Å². The first-order valence-corrected chi connectivity index (χ1v) is 7.96. The highest BCUT2D eigenvalue weighted by molar-refractivity contribution is 14.1. The minimum atomic E-state index is 0.566. The smallest absolute Gasteiger partial charge is 0.203 e. The monoisotopic (exact) mass is 426 g/mol. The molecule has 5 heteroatoms. The molecule has 0 atom stereocenters. The van der Waals surface area contributed by atoms with Gasteiger partial charge in [-0.15, -0.1) is 0 Å². The van der Waals surface area contributed by atoms with Crippen molar-refractivity contribution in [2.75, 3.05) is 28.4 Å². The molecule has 0 amide bonds.